The number of nitrogens with one attached hydrogen (secondary N) is 1. The summed E-state index contributed by atoms with van der Waals surface area (Å²) in [5.41, 5.74) is -4.76. The van der Waals surface area contributed by atoms with Crippen molar-refractivity contribution < 1.29 is 49.6 Å². The second-order valence-electron chi connectivity index (χ2n) is 9.60. The van der Waals surface area contributed by atoms with E-state index in [0.717, 1.165) is 12.1 Å². The molecule has 0 saturated carbocycles. The van der Waals surface area contributed by atoms with Gasteiger partial charge in [0.1, 0.15) is 23.2 Å². The fraction of sp³-hybridized carbons (Fsp3) is 0.357. The number of carbonyl (C=O) groups is 3. The lowest BCUT2D eigenvalue weighted by Crippen LogP contribution is -2.56. The number of methoxy groups -OCH3 is 1. The second-order valence-corrected chi connectivity index (χ2v) is 11.1. The number of ether oxygens (including phenoxy) is 2. The van der Waals surface area contributed by atoms with Crippen LogP contribution in [0.25, 0.3) is 10.9 Å². The minimum atomic E-state index is -5.87. The molecule has 3 amide bonds. The molecule has 0 radical (unpaired) electrons. The number of nitrogens with zero attached hydrogens (tertiary/aromatic N) is 3. The van der Waals surface area contributed by atoms with Gasteiger partial charge < -0.3 is 28.8 Å². The lowest BCUT2D eigenvalue weighted by Gasteiger charge is -2.36. The maximum Gasteiger partial charge on any atom is 0.534 e. The average Bonchev–Trinajstić information content (AvgIpc) is 3.00. The maximum absolute atomic E-state index is 13.7. The first-order valence-corrected chi connectivity index (χ1v) is 14.8. The normalized spacial score (nSPS) is 14.6. The molecule has 3 aromatic rings. The van der Waals surface area contributed by atoms with Crippen molar-refractivity contribution >= 4 is 38.9 Å². The number of halogens is 3. The van der Waals surface area contributed by atoms with Gasteiger partial charge in [-0.1, -0.05) is 24.3 Å². The van der Waals surface area contributed by atoms with Crippen LogP contribution in [0.4, 0.5) is 18.0 Å². The lowest BCUT2D eigenvalue weighted by molar-refractivity contribution is -0.134. The number of benzene rings is 2. The maximum atomic E-state index is 13.7. The molecular weight excluding hydrogens is 609 g/mol. The van der Waals surface area contributed by atoms with Crippen molar-refractivity contribution in [2.75, 3.05) is 39.9 Å². The molecule has 1 unspecified atom stereocenters. The van der Waals surface area contributed by atoms with Gasteiger partial charge in [0, 0.05) is 44.1 Å². The van der Waals surface area contributed by atoms with Crippen LogP contribution < -0.4 is 14.2 Å². The van der Waals surface area contributed by atoms with Crippen LogP contribution in [0.1, 0.15) is 23.0 Å². The van der Waals surface area contributed by atoms with Crippen molar-refractivity contribution in [1.82, 2.24) is 20.1 Å². The van der Waals surface area contributed by atoms with E-state index in [0.29, 0.717) is 22.2 Å². The highest BCUT2D eigenvalue weighted by Crippen LogP contribution is 2.28. The fourth-order valence-electron chi connectivity index (χ4n) is 4.50. The molecule has 0 aliphatic carbocycles. The first-order valence-electron chi connectivity index (χ1n) is 13.4. The zero-order chi connectivity index (χ0) is 32.1. The zero-order valence-corrected chi connectivity index (χ0v) is 24.5. The van der Waals surface area contributed by atoms with Gasteiger partial charge in [-0.25, -0.2) is 9.78 Å². The molecule has 236 valence electrons. The summed E-state index contributed by atoms with van der Waals surface area (Å²) in [5, 5.41) is 3.37. The minimum absolute atomic E-state index is 0.0217. The standard InChI is InChI=1S/C28H29F3N4O8S/c1-3-42-27(38)35-14-12-34(13-15-35)26(37)23(16-18-8-10-19(11-9-18)43-44(39,40)28(29,30)31)33-25(36)22-17-24(41-2)20-6-4-5-7-21(20)32-22/h4-11,17,23H,3,12-16H2,1-2H3,(H,33,36). The SMILES string of the molecule is CCOC(=O)N1CCN(C(=O)C(Cc2ccc(OS(=O)(=O)C(F)(F)F)cc2)NC(=O)c2cc(OC)c3ccccc3n2)CC1. The van der Waals surface area contributed by atoms with Crippen molar-refractivity contribution in [1.29, 1.82) is 0 Å². The Kier molecular flexibility index (Phi) is 9.81. The number of fused-ring (bicyclic) bond motifs is 1. The predicted molar refractivity (Wildman–Crippen MR) is 150 cm³/mol. The molecule has 44 heavy (non-hydrogen) atoms. The topological polar surface area (TPSA) is 144 Å². The quantitative estimate of drug-likeness (QED) is 0.276. The summed E-state index contributed by atoms with van der Waals surface area (Å²) in [5.74, 6) is -1.35. The molecule has 1 aliphatic heterocycles. The summed E-state index contributed by atoms with van der Waals surface area (Å²) in [6.07, 6.45) is -0.615. The molecule has 4 rings (SSSR count). The van der Waals surface area contributed by atoms with Crippen molar-refractivity contribution in [3.05, 3.63) is 65.9 Å². The number of para-hydroxylation sites is 1. The Bertz CT molecular complexity index is 1630. The van der Waals surface area contributed by atoms with E-state index < -0.39 is 45.3 Å². The third-order valence-electron chi connectivity index (χ3n) is 6.70. The van der Waals surface area contributed by atoms with E-state index in [1.807, 2.05) is 0 Å². The van der Waals surface area contributed by atoms with Gasteiger partial charge in [-0.3, -0.25) is 9.59 Å². The zero-order valence-electron chi connectivity index (χ0n) is 23.7. The highest BCUT2D eigenvalue weighted by molar-refractivity contribution is 7.88. The summed E-state index contributed by atoms with van der Waals surface area (Å²) < 4.78 is 75.3. The Morgan fingerprint density at radius 1 is 1.00 bits per heavy atom. The smallest absolute Gasteiger partial charge is 0.496 e. The van der Waals surface area contributed by atoms with E-state index in [-0.39, 0.29) is 44.9 Å². The van der Waals surface area contributed by atoms with Crippen LogP contribution in [-0.2, 0) is 26.1 Å². The van der Waals surface area contributed by atoms with Crippen LogP contribution in [0, 0.1) is 0 Å². The molecule has 2 aromatic carbocycles. The van der Waals surface area contributed by atoms with Crippen LogP contribution in [0.2, 0.25) is 0 Å². The van der Waals surface area contributed by atoms with E-state index >= 15 is 0 Å². The van der Waals surface area contributed by atoms with Gasteiger partial charge in [0.15, 0.2) is 0 Å². The molecule has 1 N–H and O–H groups in total. The van der Waals surface area contributed by atoms with Crippen molar-refractivity contribution in [2.45, 2.75) is 24.9 Å². The number of hydrogen-bond acceptors (Lipinski definition) is 9. The molecular formula is C28H29F3N4O8S. The van der Waals surface area contributed by atoms with E-state index in [4.69, 9.17) is 9.47 Å². The van der Waals surface area contributed by atoms with Gasteiger partial charge in [0.05, 0.1) is 19.2 Å². The second kappa shape index (κ2) is 13.4. The van der Waals surface area contributed by atoms with Gasteiger partial charge in [0.2, 0.25) is 5.91 Å². The number of rotatable bonds is 9. The Morgan fingerprint density at radius 2 is 1.64 bits per heavy atom. The van der Waals surface area contributed by atoms with Gasteiger partial charge in [-0.2, -0.15) is 21.6 Å². The van der Waals surface area contributed by atoms with Gasteiger partial charge in [-0.05, 0) is 36.8 Å². The van der Waals surface area contributed by atoms with Crippen LogP contribution >= 0.6 is 0 Å². The van der Waals surface area contributed by atoms with E-state index in [2.05, 4.69) is 14.5 Å². The molecule has 12 nitrogen and oxygen atoms in total. The molecule has 1 atom stereocenters. The Morgan fingerprint density at radius 3 is 2.25 bits per heavy atom. The molecule has 16 heteroatoms. The largest absolute Gasteiger partial charge is 0.534 e. The molecule has 1 aliphatic rings. The van der Waals surface area contributed by atoms with E-state index in [1.165, 1.54) is 35.1 Å². The van der Waals surface area contributed by atoms with Crippen LogP contribution in [0.15, 0.2) is 54.6 Å². The Balaban J connectivity index is 1.56. The number of alkyl halides is 3. The Hall–Kier alpha value is -4.60. The molecule has 1 saturated heterocycles. The van der Waals surface area contributed by atoms with Crippen LogP contribution in [0.3, 0.4) is 0 Å². The molecule has 1 fully saturated rings. The average molecular weight is 639 g/mol. The van der Waals surface area contributed by atoms with E-state index in [1.54, 1.807) is 31.2 Å². The number of hydrogen-bond donors (Lipinski definition) is 1. The first-order chi connectivity index (χ1) is 20.8. The van der Waals surface area contributed by atoms with E-state index in [9.17, 15) is 36.0 Å². The summed E-state index contributed by atoms with van der Waals surface area (Å²) in [4.78, 5) is 46.5. The summed E-state index contributed by atoms with van der Waals surface area (Å²) >= 11 is 0. The van der Waals surface area contributed by atoms with Crippen molar-refractivity contribution in [3.8, 4) is 11.5 Å². The van der Waals surface area contributed by atoms with Crippen molar-refractivity contribution in [3.63, 3.8) is 0 Å². The number of carbonyl (C=O) groups excluding carboxylic acids is 3. The summed E-state index contributed by atoms with van der Waals surface area (Å²) in [6.45, 7) is 2.61. The molecule has 0 spiro atoms. The third-order valence-corrected chi connectivity index (χ3v) is 7.68. The highest BCUT2D eigenvalue weighted by atomic mass is 32.2. The molecule has 2 heterocycles. The summed E-state index contributed by atoms with van der Waals surface area (Å²) in [7, 11) is -4.43. The minimum Gasteiger partial charge on any atom is -0.496 e. The number of amides is 3. The monoisotopic (exact) mass is 638 g/mol. The number of pyridine rings is 1. The number of aromatic nitrogens is 1. The van der Waals surface area contributed by atoms with Gasteiger partial charge >= 0.3 is 21.7 Å². The summed E-state index contributed by atoms with van der Waals surface area (Å²) in [6, 6.07) is 11.9. The number of piperazine rings is 1. The highest BCUT2D eigenvalue weighted by Gasteiger charge is 2.48. The van der Waals surface area contributed by atoms with Crippen molar-refractivity contribution in [2.24, 2.45) is 0 Å². The van der Waals surface area contributed by atoms with Gasteiger partial charge in [0.25, 0.3) is 5.91 Å². The van der Waals surface area contributed by atoms with Gasteiger partial charge in [-0.15, -0.1) is 0 Å². The first kappa shape index (κ1) is 32.3. The molecule has 1 aromatic heterocycles. The molecule has 0 bridgehead atoms. The van der Waals surface area contributed by atoms with Crippen LogP contribution in [0.5, 0.6) is 11.5 Å². The third kappa shape index (κ3) is 7.48. The van der Waals surface area contributed by atoms with Crippen LogP contribution in [-0.4, -0.2) is 92.6 Å². The Labute approximate surface area is 250 Å². The lowest BCUT2D eigenvalue weighted by atomic mass is 10.0. The fourth-order valence-corrected chi connectivity index (χ4v) is 4.96. The predicted octanol–water partition coefficient (Wildman–Crippen LogP) is 3.11.